The zero-order valence-electron chi connectivity index (χ0n) is 8.96. The summed E-state index contributed by atoms with van der Waals surface area (Å²) in [4.78, 5) is 3.71. The van der Waals surface area contributed by atoms with Crippen LogP contribution in [0.2, 0.25) is 10.0 Å². The van der Waals surface area contributed by atoms with Gasteiger partial charge in [-0.25, -0.2) is 5.43 Å². The zero-order valence-corrected chi connectivity index (χ0v) is 10.5. The maximum absolute atomic E-state index is 5.89. The highest BCUT2D eigenvalue weighted by molar-refractivity contribution is 6.42. The summed E-state index contributed by atoms with van der Waals surface area (Å²) in [7, 11) is 1.58. The average molecular weight is 259 g/mol. The molecule has 0 saturated heterocycles. The van der Waals surface area contributed by atoms with E-state index in [1.807, 2.05) is 13.0 Å². The van der Waals surface area contributed by atoms with Crippen molar-refractivity contribution in [3.8, 4) is 0 Å². The number of benzene rings is 1. The fourth-order valence-electron chi connectivity index (χ4n) is 0.977. The molecule has 4 nitrogen and oxygen atoms in total. The third kappa shape index (κ3) is 3.40. The van der Waals surface area contributed by atoms with Gasteiger partial charge in [0.1, 0.15) is 0 Å². The number of guanidine groups is 1. The Hall–Kier alpha value is -1.26. The first kappa shape index (κ1) is 12.8. The molecule has 0 aliphatic carbocycles. The van der Waals surface area contributed by atoms with Gasteiger partial charge in [0, 0.05) is 7.05 Å². The molecule has 0 aliphatic heterocycles. The van der Waals surface area contributed by atoms with Crippen LogP contribution in [0, 0.1) is 0 Å². The van der Waals surface area contributed by atoms with Gasteiger partial charge in [-0.3, -0.25) is 4.99 Å². The number of rotatable bonds is 2. The fraction of sp³-hybridized carbons (Fsp3) is 0.200. The maximum Gasteiger partial charge on any atom is 0.209 e. The second-order valence-electron chi connectivity index (χ2n) is 3.05. The van der Waals surface area contributed by atoms with Crippen molar-refractivity contribution in [2.24, 2.45) is 15.8 Å². The number of aliphatic imine (C=N–C) groups is 1. The minimum absolute atomic E-state index is 0.249. The van der Waals surface area contributed by atoms with E-state index >= 15 is 0 Å². The molecule has 6 heteroatoms. The SMILES string of the molecule is CN=C(N)N/N=C(\C)c1ccc(Cl)c(Cl)c1. The fourth-order valence-corrected chi connectivity index (χ4v) is 1.27. The molecule has 0 amide bonds. The molecule has 0 aliphatic rings. The van der Waals surface area contributed by atoms with E-state index in [1.165, 1.54) is 0 Å². The van der Waals surface area contributed by atoms with Crippen molar-refractivity contribution in [3.63, 3.8) is 0 Å². The molecule has 0 radical (unpaired) electrons. The van der Waals surface area contributed by atoms with Crippen LogP contribution in [0.4, 0.5) is 0 Å². The summed E-state index contributed by atoms with van der Waals surface area (Å²) in [5.74, 6) is 0.249. The molecule has 86 valence electrons. The molecule has 1 aromatic carbocycles. The number of halogens is 2. The standard InChI is InChI=1S/C10H12Cl2N4/c1-6(15-16-10(13)14-2)7-3-4-8(11)9(12)5-7/h3-5H,1-2H3,(H3,13,14,16)/b15-6+. The number of nitrogens with one attached hydrogen (secondary N) is 1. The Morgan fingerprint density at radius 1 is 1.31 bits per heavy atom. The van der Waals surface area contributed by atoms with Gasteiger partial charge in [-0.05, 0) is 24.6 Å². The lowest BCUT2D eigenvalue weighted by molar-refractivity contribution is 0.997. The van der Waals surface area contributed by atoms with E-state index in [4.69, 9.17) is 28.9 Å². The monoisotopic (exact) mass is 258 g/mol. The predicted molar refractivity (Wildman–Crippen MR) is 69.4 cm³/mol. The normalized spacial score (nSPS) is 12.8. The van der Waals surface area contributed by atoms with Gasteiger partial charge in [-0.1, -0.05) is 29.3 Å². The third-order valence-corrected chi connectivity index (χ3v) is 2.66. The van der Waals surface area contributed by atoms with Crippen molar-refractivity contribution >= 4 is 34.9 Å². The lowest BCUT2D eigenvalue weighted by atomic mass is 10.1. The van der Waals surface area contributed by atoms with Crippen molar-refractivity contribution < 1.29 is 0 Å². The minimum atomic E-state index is 0.249. The quantitative estimate of drug-likeness (QED) is 0.486. The second kappa shape index (κ2) is 5.72. The summed E-state index contributed by atoms with van der Waals surface area (Å²) < 4.78 is 0. The molecular weight excluding hydrogens is 247 g/mol. The van der Waals surface area contributed by atoms with Crippen molar-refractivity contribution in [1.29, 1.82) is 0 Å². The van der Waals surface area contributed by atoms with Crippen LogP contribution < -0.4 is 11.2 Å². The molecule has 0 unspecified atom stereocenters. The number of hydrogen-bond acceptors (Lipinski definition) is 2. The first-order valence-electron chi connectivity index (χ1n) is 4.52. The van der Waals surface area contributed by atoms with Crippen molar-refractivity contribution in [1.82, 2.24) is 5.43 Å². The van der Waals surface area contributed by atoms with Crippen LogP contribution in [0.25, 0.3) is 0 Å². The van der Waals surface area contributed by atoms with Gasteiger partial charge in [0.2, 0.25) is 5.96 Å². The van der Waals surface area contributed by atoms with E-state index in [1.54, 1.807) is 19.2 Å². The summed E-state index contributed by atoms with van der Waals surface area (Å²) in [6.45, 7) is 1.83. The summed E-state index contributed by atoms with van der Waals surface area (Å²) >= 11 is 11.7. The van der Waals surface area contributed by atoms with Gasteiger partial charge in [-0.15, -0.1) is 0 Å². The van der Waals surface area contributed by atoms with Crippen LogP contribution in [-0.4, -0.2) is 18.7 Å². The molecule has 0 saturated carbocycles. The highest BCUT2D eigenvalue weighted by atomic mass is 35.5. The van der Waals surface area contributed by atoms with Gasteiger partial charge < -0.3 is 5.73 Å². The van der Waals surface area contributed by atoms with Crippen LogP contribution in [0.5, 0.6) is 0 Å². The van der Waals surface area contributed by atoms with E-state index < -0.39 is 0 Å². The number of hydrogen-bond donors (Lipinski definition) is 2. The average Bonchev–Trinajstić information content (AvgIpc) is 2.29. The summed E-state index contributed by atoms with van der Waals surface area (Å²) in [6, 6.07) is 5.28. The van der Waals surface area contributed by atoms with Gasteiger partial charge in [0.15, 0.2) is 0 Å². The molecular formula is C10H12Cl2N4. The zero-order chi connectivity index (χ0) is 12.1. The van der Waals surface area contributed by atoms with Crippen molar-refractivity contribution in [3.05, 3.63) is 33.8 Å². The predicted octanol–water partition coefficient (Wildman–Crippen LogP) is 2.25. The summed E-state index contributed by atoms with van der Waals surface area (Å²) in [5.41, 5.74) is 9.65. The number of nitrogens with zero attached hydrogens (tertiary/aromatic N) is 2. The Kier molecular flexibility index (Phi) is 4.58. The first-order chi connectivity index (χ1) is 7.54. The summed E-state index contributed by atoms with van der Waals surface area (Å²) in [5, 5.41) is 5.05. The van der Waals surface area contributed by atoms with Gasteiger partial charge in [0.05, 0.1) is 15.8 Å². The Morgan fingerprint density at radius 2 is 2.00 bits per heavy atom. The first-order valence-corrected chi connectivity index (χ1v) is 5.28. The van der Waals surface area contributed by atoms with Gasteiger partial charge >= 0.3 is 0 Å². The summed E-state index contributed by atoms with van der Waals surface area (Å²) in [6.07, 6.45) is 0. The third-order valence-electron chi connectivity index (χ3n) is 1.92. The molecule has 1 rings (SSSR count). The molecule has 0 spiro atoms. The molecule has 0 aromatic heterocycles. The smallest absolute Gasteiger partial charge is 0.209 e. The maximum atomic E-state index is 5.89. The Labute approximate surface area is 104 Å². The van der Waals surface area contributed by atoms with Crippen LogP contribution in [0.1, 0.15) is 12.5 Å². The molecule has 0 atom stereocenters. The van der Waals surface area contributed by atoms with E-state index in [2.05, 4.69) is 15.5 Å². The highest BCUT2D eigenvalue weighted by Gasteiger charge is 2.02. The largest absolute Gasteiger partial charge is 0.369 e. The van der Waals surface area contributed by atoms with Crippen LogP contribution >= 0.6 is 23.2 Å². The molecule has 1 aromatic rings. The molecule has 0 fully saturated rings. The van der Waals surface area contributed by atoms with Crippen LogP contribution in [0.15, 0.2) is 28.3 Å². The van der Waals surface area contributed by atoms with E-state index in [-0.39, 0.29) is 5.96 Å². The van der Waals surface area contributed by atoms with Gasteiger partial charge in [0.25, 0.3) is 0 Å². The van der Waals surface area contributed by atoms with Crippen LogP contribution in [0.3, 0.4) is 0 Å². The highest BCUT2D eigenvalue weighted by Crippen LogP contribution is 2.22. The molecule has 16 heavy (non-hydrogen) atoms. The number of hydrazone groups is 1. The Balaban J connectivity index is 2.88. The molecule has 0 bridgehead atoms. The molecule has 3 N–H and O–H groups in total. The second-order valence-corrected chi connectivity index (χ2v) is 3.86. The van der Waals surface area contributed by atoms with E-state index in [9.17, 15) is 0 Å². The van der Waals surface area contributed by atoms with Crippen molar-refractivity contribution in [2.75, 3.05) is 7.05 Å². The Bertz CT molecular complexity index is 440. The van der Waals surface area contributed by atoms with E-state index in [0.29, 0.717) is 10.0 Å². The van der Waals surface area contributed by atoms with Gasteiger partial charge in [-0.2, -0.15) is 5.10 Å². The van der Waals surface area contributed by atoms with Crippen LogP contribution in [-0.2, 0) is 0 Å². The lowest BCUT2D eigenvalue weighted by Crippen LogP contribution is -2.27. The number of nitrogens with two attached hydrogens (primary N) is 1. The topological polar surface area (TPSA) is 62.8 Å². The Morgan fingerprint density at radius 3 is 2.56 bits per heavy atom. The van der Waals surface area contributed by atoms with Crippen molar-refractivity contribution in [2.45, 2.75) is 6.92 Å². The lowest BCUT2D eigenvalue weighted by Gasteiger charge is -2.03. The minimum Gasteiger partial charge on any atom is -0.369 e. The molecule has 0 heterocycles. The van der Waals surface area contributed by atoms with E-state index in [0.717, 1.165) is 11.3 Å².